The van der Waals surface area contributed by atoms with Crippen molar-refractivity contribution in [2.24, 2.45) is 5.16 Å². The Kier molecular flexibility index (Phi) is 9.84. The number of nitrogens with one attached hydrogen (secondary N) is 2. The van der Waals surface area contributed by atoms with Gasteiger partial charge in [-0.3, -0.25) is 23.7 Å². The standard InChI is InChI=1S/C15H18ClN5O9S3/c1-8(22)29-2-3-31-14-12(13(25)21(14)33(26,27)28)19-11(24)5-17-30-6-9-7-32-15(18-9)20-10(23)4-16/h5,7,12,14H,2-4,6H2,1H3,(H,19,24)(H,18,20,23)(H,26,27,28)/t12-,14+/m1/s1. The first-order chi connectivity index (χ1) is 15.5. The molecule has 1 aliphatic heterocycles. The smallest absolute Gasteiger partial charge is 0.363 e. The fraction of sp³-hybridized carbons (Fsp3) is 0.467. The van der Waals surface area contributed by atoms with E-state index in [2.05, 4.69) is 20.8 Å². The van der Waals surface area contributed by atoms with E-state index >= 15 is 0 Å². The predicted octanol–water partition coefficient (Wildman–Crippen LogP) is -0.425. The summed E-state index contributed by atoms with van der Waals surface area (Å²) in [5.41, 5.74) is 0.421. The van der Waals surface area contributed by atoms with Gasteiger partial charge in [0.2, 0.25) is 5.91 Å². The molecule has 0 unspecified atom stereocenters. The highest BCUT2D eigenvalue weighted by Crippen LogP contribution is 2.32. The van der Waals surface area contributed by atoms with Crippen molar-refractivity contribution in [1.29, 1.82) is 0 Å². The van der Waals surface area contributed by atoms with Gasteiger partial charge in [-0.05, 0) is 0 Å². The summed E-state index contributed by atoms with van der Waals surface area (Å²) >= 11 is 7.40. The minimum atomic E-state index is -4.84. The first kappa shape index (κ1) is 26.8. The Morgan fingerprint density at radius 2 is 2.18 bits per heavy atom. The molecule has 1 aromatic rings. The molecule has 3 N–H and O–H groups in total. The number of thioether (sulfide) groups is 1. The maximum atomic E-state index is 12.1. The molecule has 0 aromatic carbocycles. The number of carbonyl (C=O) groups excluding carboxylic acids is 4. The molecule has 2 rings (SSSR count). The number of alkyl halides is 1. The highest BCUT2D eigenvalue weighted by molar-refractivity contribution is 8.00. The van der Waals surface area contributed by atoms with E-state index in [-0.39, 0.29) is 29.2 Å². The summed E-state index contributed by atoms with van der Waals surface area (Å²) < 4.78 is 36.9. The van der Waals surface area contributed by atoms with Crippen LogP contribution in [0.3, 0.4) is 0 Å². The molecule has 1 fully saturated rings. The van der Waals surface area contributed by atoms with Crippen LogP contribution in [0, 0.1) is 0 Å². The summed E-state index contributed by atoms with van der Waals surface area (Å²) in [5, 5.41) is 8.92. The van der Waals surface area contributed by atoms with Crippen molar-refractivity contribution < 1.29 is 41.7 Å². The van der Waals surface area contributed by atoms with Crippen molar-refractivity contribution in [2.75, 3.05) is 23.6 Å². The topological polar surface area (TPSA) is 194 Å². The zero-order valence-electron chi connectivity index (χ0n) is 16.8. The number of amides is 3. The number of oxime groups is 1. The van der Waals surface area contributed by atoms with Gasteiger partial charge in [0.15, 0.2) is 11.7 Å². The minimum absolute atomic E-state index is 0.0616. The zero-order chi connectivity index (χ0) is 24.6. The second-order valence-corrected chi connectivity index (χ2v) is 9.67. The molecule has 18 heteroatoms. The van der Waals surface area contributed by atoms with Crippen LogP contribution in [0.2, 0.25) is 0 Å². The fourth-order valence-electron chi connectivity index (χ4n) is 2.30. The molecule has 3 amide bonds. The van der Waals surface area contributed by atoms with E-state index in [9.17, 15) is 32.1 Å². The number of hydrogen-bond acceptors (Lipinski definition) is 12. The van der Waals surface area contributed by atoms with Crippen molar-refractivity contribution >= 4 is 80.0 Å². The molecule has 182 valence electrons. The molecule has 0 saturated carbocycles. The number of rotatable bonds is 12. The van der Waals surface area contributed by atoms with Crippen molar-refractivity contribution in [1.82, 2.24) is 14.6 Å². The van der Waals surface area contributed by atoms with Crippen molar-refractivity contribution in [2.45, 2.75) is 24.9 Å². The molecular weight excluding hydrogens is 526 g/mol. The Balaban J connectivity index is 1.85. The first-order valence-electron chi connectivity index (χ1n) is 8.84. The second kappa shape index (κ2) is 12.1. The maximum Gasteiger partial charge on any atom is 0.363 e. The van der Waals surface area contributed by atoms with Crippen LogP contribution >= 0.6 is 34.7 Å². The first-order valence-corrected chi connectivity index (χ1v) is 12.7. The molecule has 1 aliphatic rings. The molecule has 14 nitrogen and oxygen atoms in total. The third-order valence-electron chi connectivity index (χ3n) is 3.60. The van der Waals surface area contributed by atoms with Crippen LogP contribution in [0.5, 0.6) is 0 Å². The predicted molar refractivity (Wildman–Crippen MR) is 118 cm³/mol. The Hall–Kier alpha value is -2.47. The van der Waals surface area contributed by atoms with Crippen molar-refractivity contribution in [3.8, 4) is 0 Å². The van der Waals surface area contributed by atoms with E-state index in [1.807, 2.05) is 0 Å². The van der Waals surface area contributed by atoms with Gasteiger partial charge in [0.1, 0.15) is 30.1 Å². The number of aromatic nitrogens is 1. The van der Waals surface area contributed by atoms with E-state index in [0.717, 1.165) is 29.3 Å². The van der Waals surface area contributed by atoms with Gasteiger partial charge >= 0.3 is 16.3 Å². The van der Waals surface area contributed by atoms with Gasteiger partial charge in [0, 0.05) is 18.1 Å². The Bertz CT molecular complexity index is 1030. The van der Waals surface area contributed by atoms with Crippen LogP contribution < -0.4 is 10.6 Å². The monoisotopic (exact) mass is 543 g/mol. The van der Waals surface area contributed by atoms with E-state index in [1.165, 1.54) is 6.92 Å². The summed E-state index contributed by atoms with van der Waals surface area (Å²) in [5.74, 6) is -2.98. The quantitative estimate of drug-likeness (QED) is 0.0589. The lowest BCUT2D eigenvalue weighted by Gasteiger charge is -2.43. The van der Waals surface area contributed by atoms with Crippen molar-refractivity contribution in [3.63, 3.8) is 0 Å². The Labute approximate surface area is 200 Å². The highest BCUT2D eigenvalue weighted by atomic mass is 35.5. The number of β-lactam (4-membered cyclic amide) rings is 1. The molecule has 33 heavy (non-hydrogen) atoms. The maximum absolute atomic E-state index is 12.1. The van der Waals surface area contributed by atoms with Gasteiger partial charge in [0.05, 0.1) is 5.69 Å². The Morgan fingerprint density at radius 1 is 1.45 bits per heavy atom. The lowest BCUT2D eigenvalue weighted by atomic mass is 10.1. The third-order valence-corrected chi connectivity index (χ3v) is 6.91. The largest absolute Gasteiger partial charge is 0.465 e. The van der Waals surface area contributed by atoms with Crippen LogP contribution in [0.1, 0.15) is 12.6 Å². The van der Waals surface area contributed by atoms with Crippen LogP contribution in [0.15, 0.2) is 10.5 Å². The third kappa shape index (κ3) is 8.11. The van der Waals surface area contributed by atoms with E-state index in [1.54, 1.807) is 5.38 Å². The van der Waals surface area contributed by atoms with Gasteiger partial charge < -0.3 is 20.2 Å². The average molecular weight is 544 g/mol. The van der Waals surface area contributed by atoms with Gasteiger partial charge in [0.25, 0.3) is 11.8 Å². The summed E-state index contributed by atoms with van der Waals surface area (Å²) in [6.07, 6.45) is 0.729. The normalized spacial score (nSPS) is 18.0. The van der Waals surface area contributed by atoms with Crippen LogP contribution in [0.25, 0.3) is 0 Å². The molecule has 1 saturated heterocycles. The number of thiazole rings is 1. The molecule has 1 aromatic heterocycles. The number of halogens is 1. The van der Waals surface area contributed by atoms with E-state index in [0.29, 0.717) is 10.8 Å². The van der Waals surface area contributed by atoms with E-state index < -0.39 is 45.4 Å². The molecule has 0 spiro atoms. The number of esters is 1. The average Bonchev–Trinajstić information content (AvgIpc) is 3.17. The molecule has 0 bridgehead atoms. The summed E-state index contributed by atoms with van der Waals surface area (Å²) in [4.78, 5) is 55.0. The molecule has 2 atom stereocenters. The minimum Gasteiger partial charge on any atom is -0.465 e. The Morgan fingerprint density at radius 3 is 2.82 bits per heavy atom. The molecule has 0 radical (unpaired) electrons. The highest BCUT2D eigenvalue weighted by Gasteiger charge is 2.54. The number of ether oxygens (including phenoxy) is 1. The van der Waals surface area contributed by atoms with Crippen LogP contribution in [0.4, 0.5) is 5.13 Å². The second-order valence-electron chi connectivity index (χ2n) is 6.03. The summed E-state index contributed by atoms with van der Waals surface area (Å²) in [6, 6.07) is -1.26. The molecule has 2 heterocycles. The molecular formula is C15H18ClN5O9S3. The van der Waals surface area contributed by atoms with E-state index in [4.69, 9.17) is 21.2 Å². The number of hydrogen-bond donors (Lipinski definition) is 3. The van der Waals surface area contributed by atoms with Gasteiger partial charge in [-0.2, -0.15) is 12.7 Å². The van der Waals surface area contributed by atoms with Crippen molar-refractivity contribution in [3.05, 3.63) is 11.1 Å². The number of nitrogens with zero attached hydrogens (tertiary/aromatic N) is 3. The van der Waals surface area contributed by atoms with Crippen LogP contribution in [-0.2, 0) is 45.7 Å². The number of anilines is 1. The zero-order valence-corrected chi connectivity index (χ0v) is 20.0. The number of carbonyl (C=O) groups is 4. The SMILES string of the molecule is CC(=O)OCCS[C@H]1[C@H](NC(=O)C=NOCc2csc(NC(=O)CCl)n2)C(=O)N1S(=O)(=O)O. The lowest BCUT2D eigenvalue weighted by Crippen LogP contribution is -2.70. The fourth-order valence-corrected chi connectivity index (χ4v) is 5.35. The van der Waals surface area contributed by atoms with Gasteiger partial charge in [-0.25, -0.2) is 4.98 Å². The van der Waals surface area contributed by atoms with Gasteiger partial charge in [-0.1, -0.05) is 5.16 Å². The molecule has 0 aliphatic carbocycles. The van der Waals surface area contributed by atoms with Crippen LogP contribution in [-0.4, -0.2) is 81.8 Å². The van der Waals surface area contributed by atoms with Gasteiger partial charge in [-0.15, -0.1) is 34.7 Å². The summed E-state index contributed by atoms with van der Waals surface area (Å²) in [7, 11) is -4.84. The summed E-state index contributed by atoms with van der Waals surface area (Å²) in [6.45, 7) is 1.01. The lowest BCUT2D eigenvalue weighted by molar-refractivity contribution is -0.141.